The molecule has 21 heavy (non-hydrogen) atoms. The van der Waals surface area contributed by atoms with Gasteiger partial charge < -0.3 is 5.11 Å². The molecule has 0 bridgehead atoms. The van der Waals surface area contributed by atoms with E-state index < -0.39 is 16.0 Å². The lowest BCUT2D eigenvalue weighted by molar-refractivity contribution is 0.0697. The van der Waals surface area contributed by atoms with E-state index in [4.69, 9.17) is 5.11 Å². The van der Waals surface area contributed by atoms with Crippen molar-refractivity contribution in [1.29, 1.82) is 0 Å². The van der Waals surface area contributed by atoms with Gasteiger partial charge in [0.15, 0.2) is 4.60 Å². The van der Waals surface area contributed by atoms with Crippen LogP contribution in [0.25, 0.3) is 0 Å². The van der Waals surface area contributed by atoms with Crippen LogP contribution in [0.1, 0.15) is 10.4 Å². The van der Waals surface area contributed by atoms with Gasteiger partial charge in [0.2, 0.25) is 5.03 Å². The summed E-state index contributed by atoms with van der Waals surface area (Å²) in [5.41, 5.74) is 0.0566. The van der Waals surface area contributed by atoms with Crippen molar-refractivity contribution >= 4 is 53.5 Å². The van der Waals surface area contributed by atoms with E-state index in [9.17, 15) is 13.2 Å². The quantitative estimate of drug-likeness (QED) is 0.751. The van der Waals surface area contributed by atoms with Crippen LogP contribution in [0, 0.1) is 0 Å². The van der Waals surface area contributed by atoms with E-state index in [0.29, 0.717) is 4.47 Å². The number of carbonyl (C=O) groups is 1. The molecule has 0 saturated heterocycles. The summed E-state index contributed by atoms with van der Waals surface area (Å²) in [4.78, 5) is 10.9. The number of hydrogen-bond donors (Lipinski definition) is 2. The van der Waals surface area contributed by atoms with Crippen LogP contribution >= 0.6 is 31.9 Å². The second kappa shape index (κ2) is 5.73. The molecule has 2 aromatic rings. The molecule has 0 aliphatic heterocycles. The number of carboxylic acids is 1. The zero-order valence-corrected chi connectivity index (χ0v) is 14.4. The molecule has 0 fully saturated rings. The van der Waals surface area contributed by atoms with Crippen molar-refractivity contribution in [3.8, 4) is 0 Å². The van der Waals surface area contributed by atoms with Crippen molar-refractivity contribution in [3.63, 3.8) is 0 Å². The number of nitrogens with zero attached hydrogens (tertiary/aromatic N) is 3. The first kappa shape index (κ1) is 15.9. The van der Waals surface area contributed by atoms with E-state index >= 15 is 0 Å². The summed E-state index contributed by atoms with van der Waals surface area (Å²) < 4.78 is 28.5. The van der Waals surface area contributed by atoms with Gasteiger partial charge in [-0.15, -0.1) is 5.10 Å². The van der Waals surface area contributed by atoms with Gasteiger partial charge in [-0.1, -0.05) is 5.21 Å². The normalized spacial score (nSPS) is 11.4. The largest absolute Gasteiger partial charge is 0.478 e. The Hall–Kier alpha value is -1.46. The molecule has 1 aromatic heterocycles. The van der Waals surface area contributed by atoms with Crippen LogP contribution in [0.15, 0.2) is 32.3 Å². The highest BCUT2D eigenvalue weighted by Gasteiger charge is 2.25. The second-order valence-corrected chi connectivity index (χ2v) is 7.12. The maximum absolute atomic E-state index is 12.3. The van der Waals surface area contributed by atoms with E-state index in [-0.39, 0.29) is 20.9 Å². The number of halogens is 2. The van der Waals surface area contributed by atoms with Crippen LogP contribution in [0.4, 0.5) is 5.69 Å². The minimum atomic E-state index is -3.98. The molecule has 1 aromatic carbocycles. The number of nitrogens with one attached hydrogen (secondary N) is 1. The minimum absolute atomic E-state index is 0.0434. The molecule has 0 saturated carbocycles. The van der Waals surface area contributed by atoms with Crippen LogP contribution in [0.3, 0.4) is 0 Å². The molecule has 0 atom stereocenters. The lowest BCUT2D eigenvalue weighted by atomic mass is 10.2. The average Bonchev–Trinajstić information content (AvgIpc) is 2.71. The summed E-state index contributed by atoms with van der Waals surface area (Å²) in [6.45, 7) is 0. The summed E-state index contributed by atoms with van der Waals surface area (Å²) in [7, 11) is -2.55. The Balaban J connectivity index is 2.46. The molecule has 112 valence electrons. The Morgan fingerprint density at radius 1 is 1.38 bits per heavy atom. The van der Waals surface area contributed by atoms with Gasteiger partial charge >= 0.3 is 5.97 Å². The smallest absolute Gasteiger partial charge is 0.335 e. The lowest BCUT2D eigenvalue weighted by Gasteiger charge is -2.10. The van der Waals surface area contributed by atoms with E-state index in [1.807, 2.05) is 0 Å². The number of aromatic nitrogens is 3. The monoisotopic (exact) mass is 438 g/mol. The molecule has 2 N–H and O–H groups in total. The van der Waals surface area contributed by atoms with E-state index in [1.165, 1.54) is 25.2 Å². The number of aryl methyl sites for hydroxylation is 1. The Labute approximate surface area is 136 Å². The predicted octanol–water partition coefficient (Wildman–Crippen LogP) is 1.84. The number of aromatic carboxylic acids is 1. The molecule has 0 aliphatic carbocycles. The summed E-state index contributed by atoms with van der Waals surface area (Å²) >= 11 is 6.17. The van der Waals surface area contributed by atoms with Gasteiger partial charge in [-0.2, -0.15) is 8.42 Å². The molecule has 0 amide bonds. The zero-order chi connectivity index (χ0) is 15.8. The van der Waals surface area contributed by atoms with Crippen LogP contribution in [0.2, 0.25) is 0 Å². The van der Waals surface area contributed by atoms with Gasteiger partial charge in [0.25, 0.3) is 10.0 Å². The van der Waals surface area contributed by atoms with Crippen molar-refractivity contribution < 1.29 is 18.3 Å². The summed E-state index contributed by atoms with van der Waals surface area (Å²) in [5, 5.41) is 16.0. The third-order valence-corrected chi connectivity index (χ3v) is 5.39. The molecular weight excluding hydrogens is 432 g/mol. The second-order valence-electron chi connectivity index (χ2n) is 3.91. The first-order valence-electron chi connectivity index (χ1n) is 5.33. The first-order valence-corrected chi connectivity index (χ1v) is 8.40. The number of benzene rings is 1. The van der Waals surface area contributed by atoms with Crippen LogP contribution in [0.5, 0.6) is 0 Å². The van der Waals surface area contributed by atoms with Gasteiger partial charge in [0, 0.05) is 11.5 Å². The summed E-state index contributed by atoms with van der Waals surface area (Å²) in [6, 6.07) is 4.01. The fraction of sp³-hybridized carbons (Fsp3) is 0.100. The number of anilines is 1. The van der Waals surface area contributed by atoms with Gasteiger partial charge in [0.05, 0.1) is 11.3 Å². The number of sulfonamides is 1. The zero-order valence-electron chi connectivity index (χ0n) is 10.4. The third-order valence-electron chi connectivity index (χ3n) is 2.45. The highest BCUT2D eigenvalue weighted by atomic mass is 79.9. The standard InChI is InChI=1S/C10H8Br2N4O4S/c1-16-9(8(12)13-15-16)21(19,20)14-7-4-5(10(17)18)2-3-6(7)11/h2-4,14H,1H3,(H,17,18). The Kier molecular flexibility index (Phi) is 4.35. The molecule has 0 unspecified atom stereocenters. The number of hydrogen-bond acceptors (Lipinski definition) is 5. The van der Waals surface area contributed by atoms with Crippen molar-refractivity contribution in [3.05, 3.63) is 32.8 Å². The molecule has 0 spiro atoms. The van der Waals surface area contributed by atoms with Crippen molar-refractivity contribution in [2.45, 2.75) is 5.03 Å². The van der Waals surface area contributed by atoms with Gasteiger partial charge in [-0.25, -0.2) is 9.48 Å². The van der Waals surface area contributed by atoms with Crippen LogP contribution in [-0.4, -0.2) is 34.5 Å². The molecular formula is C10H8Br2N4O4S. The van der Waals surface area contributed by atoms with Crippen LogP contribution < -0.4 is 4.72 Å². The Morgan fingerprint density at radius 3 is 2.57 bits per heavy atom. The van der Waals surface area contributed by atoms with Crippen LogP contribution in [-0.2, 0) is 17.1 Å². The topological polar surface area (TPSA) is 114 Å². The molecule has 8 nitrogen and oxygen atoms in total. The SMILES string of the molecule is Cn1nnc(Br)c1S(=O)(=O)Nc1cc(C(=O)O)ccc1Br. The summed E-state index contributed by atoms with van der Waals surface area (Å²) in [5.74, 6) is -1.16. The first-order chi connectivity index (χ1) is 9.72. The predicted molar refractivity (Wildman–Crippen MR) is 80.6 cm³/mol. The highest BCUT2D eigenvalue weighted by molar-refractivity contribution is 9.10. The Bertz CT molecular complexity index is 799. The molecule has 11 heteroatoms. The van der Waals surface area contributed by atoms with Gasteiger partial charge in [-0.3, -0.25) is 4.72 Å². The highest BCUT2D eigenvalue weighted by Crippen LogP contribution is 2.27. The summed E-state index contributed by atoms with van der Waals surface area (Å²) in [6.07, 6.45) is 0. The average molecular weight is 440 g/mol. The van der Waals surface area contributed by atoms with E-state index in [2.05, 4.69) is 46.9 Å². The minimum Gasteiger partial charge on any atom is -0.478 e. The fourth-order valence-corrected chi connectivity index (χ4v) is 4.18. The lowest BCUT2D eigenvalue weighted by Crippen LogP contribution is -2.17. The van der Waals surface area contributed by atoms with Crippen molar-refractivity contribution in [1.82, 2.24) is 15.0 Å². The van der Waals surface area contributed by atoms with E-state index in [0.717, 1.165) is 4.68 Å². The van der Waals surface area contributed by atoms with E-state index in [1.54, 1.807) is 0 Å². The molecule has 1 heterocycles. The molecule has 0 radical (unpaired) electrons. The third kappa shape index (κ3) is 3.24. The Morgan fingerprint density at radius 2 is 2.05 bits per heavy atom. The number of carboxylic acid groups (broad SMARTS) is 1. The fourth-order valence-electron chi connectivity index (χ4n) is 1.54. The number of rotatable bonds is 4. The molecule has 2 rings (SSSR count). The maximum atomic E-state index is 12.3. The van der Waals surface area contributed by atoms with Gasteiger partial charge in [0.1, 0.15) is 0 Å². The van der Waals surface area contributed by atoms with Gasteiger partial charge in [-0.05, 0) is 50.1 Å². The van der Waals surface area contributed by atoms with Crippen molar-refractivity contribution in [2.75, 3.05) is 4.72 Å². The molecule has 0 aliphatic rings. The van der Waals surface area contributed by atoms with Crippen molar-refractivity contribution in [2.24, 2.45) is 7.05 Å². The maximum Gasteiger partial charge on any atom is 0.335 e.